The summed E-state index contributed by atoms with van der Waals surface area (Å²) < 4.78 is 19.5. The van der Waals surface area contributed by atoms with Gasteiger partial charge in [0, 0.05) is 25.3 Å². The molecule has 0 N–H and O–H groups in total. The minimum absolute atomic E-state index is 0.297. The topological polar surface area (TPSA) is 105 Å². The zero-order valence-corrected chi connectivity index (χ0v) is 21.1. The first-order chi connectivity index (χ1) is 16.5. The van der Waals surface area contributed by atoms with Crippen LogP contribution in [0, 0.1) is 0 Å². The predicted molar refractivity (Wildman–Crippen MR) is 128 cm³/mol. The summed E-state index contributed by atoms with van der Waals surface area (Å²) >= 11 is 0. The summed E-state index contributed by atoms with van der Waals surface area (Å²) in [6.45, 7) is 3.48. The average molecular weight is 485 g/mol. The van der Waals surface area contributed by atoms with Crippen LogP contribution >= 0.6 is 0 Å². The standard InChI is InChI=1S/C26H44O8/c1-3-5-13-17-23(27)31-21-33-25(29)19-15-11-9-7-8-10-12-16-20-26(30)34-22-32-24(28)18-14-6-4-2/h15,19H,3-14,16-18,20-22H2,1-2H3. The van der Waals surface area contributed by atoms with E-state index in [0.29, 0.717) is 19.3 Å². The van der Waals surface area contributed by atoms with Gasteiger partial charge in [-0.25, -0.2) is 4.79 Å². The fourth-order valence-electron chi connectivity index (χ4n) is 3.04. The number of carbonyl (C=O) groups is 4. The van der Waals surface area contributed by atoms with E-state index < -0.39 is 5.97 Å². The van der Waals surface area contributed by atoms with E-state index in [1.165, 1.54) is 6.08 Å². The summed E-state index contributed by atoms with van der Waals surface area (Å²) in [4.78, 5) is 45.9. The zero-order valence-electron chi connectivity index (χ0n) is 21.1. The number of unbranched alkanes of at least 4 members (excludes halogenated alkanes) is 10. The molecule has 34 heavy (non-hydrogen) atoms. The van der Waals surface area contributed by atoms with Crippen LogP contribution in [0.3, 0.4) is 0 Å². The molecule has 0 saturated carbocycles. The van der Waals surface area contributed by atoms with Crippen molar-refractivity contribution in [3.05, 3.63) is 12.2 Å². The van der Waals surface area contributed by atoms with Gasteiger partial charge in [0.1, 0.15) is 0 Å². The molecule has 0 aliphatic heterocycles. The molecule has 0 radical (unpaired) electrons. The minimum Gasteiger partial charge on any atom is -0.428 e. The first-order valence-electron chi connectivity index (χ1n) is 12.8. The number of rotatable bonds is 22. The molecule has 0 fully saturated rings. The van der Waals surface area contributed by atoms with Crippen molar-refractivity contribution < 1.29 is 38.1 Å². The highest BCUT2D eigenvalue weighted by Crippen LogP contribution is 2.10. The average Bonchev–Trinajstić information content (AvgIpc) is 2.80. The molecule has 0 spiro atoms. The van der Waals surface area contributed by atoms with Crippen LogP contribution in [-0.4, -0.2) is 37.5 Å². The van der Waals surface area contributed by atoms with Gasteiger partial charge in [-0.05, 0) is 32.1 Å². The Balaban J connectivity index is 3.48. The molecule has 0 bridgehead atoms. The first kappa shape index (κ1) is 31.6. The van der Waals surface area contributed by atoms with Gasteiger partial charge in [0.05, 0.1) is 0 Å². The minimum atomic E-state index is -0.514. The fourth-order valence-corrected chi connectivity index (χ4v) is 3.04. The Bertz CT molecular complexity index is 585. The predicted octanol–water partition coefficient (Wildman–Crippen LogP) is 5.91. The number of carbonyl (C=O) groups excluding carboxylic acids is 4. The molecule has 8 heteroatoms. The van der Waals surface area contributed by atoms with Crippen LogP contribution < -0.4 is 0 Å². The maximum atomic E-state index is 11.6. The zero-order chi connectivity index (χ0) is 25.3. The Morgan fingerprint density at radius 1 is 0.529 bits per heavy atom. The van der Waals surface area contributed by atoms with E-state index in [1.807, 2.05) is 0 Å². The van der Waals surface area contributed by atoms with Crippen molar-refractivity contribution in [1.29, 1.82) is 0 Å². The maximum Gasteiger partial charge on any atom is 0.333 e. The van der Waals surface area contributed by atoms with Crippen molar-refractivity contribution >= 4 is 23.9 Å². The number of allylic oxidation sites excluding steroid dienone is 1. The summed E-state index contributed by atoms with van der Waals surface area (Å²) in [7, 11) is 0. The Hall–Kier alpha value is -2.38. The molecule has 0 atom stereocenters. The lowest BCUT2D eigenvalue weighted by atomic mass is 10.1. The summed E-state index contributed by atoms with van der Waals surface area (Å²) in [5.74, 6) is -1.53. The van der Waals surface area contributed by atoms with Gasteiger partial charge < -0.3 is 18.9 Å². The van der Waals surface area contributed by atoms with Crippen molar-refractivity contribution in [2.45, 2.75) is 117 Å². The van der Waals surface area contributed by atoms with Gasteiger partial charge in [-0.2, -0.15) is 0 Å². The monoisotopic (exact) mass is 484 g/mol. The lowest BCUT2D eigenvalue weighted by molar-refractivity contribution is -0.168. The van der Waals surface area contributed by atoms with Crippen LogP contribution in [0.2, 0.25) is 0 Å². The lowest BCUT2D eigenvalue weighted by Crippen LogP contribution is -2.12. The normalized spacial score (nSPS) is 10.8. The number of ether oxygens (including phenoxy) is 4. The second-order valence-electron chi connectivity index (χ2n) is 8.22. The summed E-state index contributed by atoms with van der Waals surface area (Å²) in [6.07, 6.45) is 16.3. The molecular formula is C26H44O8. The molecule has 0 aromatic heterocycles. The Morgan fingerprint density at radius 3 is 1.44 bits per heavy atom. The number of hydrogen-bond donors (Lipinski definition) is 0. The molecule has 0 rings (SSSR count). The molecule has 0 heterocycles. The van der Waals surface area contributed by atoms with Crippen molar-refractivity contribution in [2.75, 3.05) is 13.6 Å². The molecule has 0 amide bonds. The maximum absolute atomic E-state index is 11.6. The van der Waals surface area contributed by atoms with E-state index in [-0.39, 0.29) is 31.5 Å². The van der Waals surface area contributed by atoms with Crippen LogP contribution in [0.25, 0.3) is 0 Å². The highest BCUT2D eigenvalue weighted by atomic mass is 16.7. The molecule has 0 saturated heterocycles. The van der Waals surface area contributed by atoms with E-state index in [0.717, 1.165) is 83.5 Å². The molecule has 0 aliphatic rings. The quantitative estimate of drug-likeness (QED) is 0.0808. The Labute approximate surface area is 204 Å². The number of esters is 4. The van der Waals surface area contributed by atoms with Crippen molar-refractivity contribution in [3.8, 4) is 0 Å². The molecular weight excluding hydrogens is 440 g/mol. The fraction of sp³-hybridized carbons (Fsp3) is 0.769. The largest absolute Gasteiger partial charge is 0.428 e. The summed E-state index contributed by atoms with van der Waals surface area (Å²) in [5, 5.41) is 0. The molecule has 0 aromatic rings. The van der Waals surface area contributed by atoms with Crippen molar-refractivity contribution in [3.63, 3.8) is 0 Å². The third-order valence-electron chi connectivity index (χ3n) is 5.09. The molecule has 0 unspecified atom stereocenters. The Morgan fingerprint density at radius 2 is 0.941 bits per heavy atom. The second-order valence-corrected chi connectivity index (χ2v) is 8.22. The van der Waals surface area contributed by atoms with Crippen molar-refractivity contribution in [2.24, 2.45) is 0 Å². The number of hydrogen-bond acceptors (Lipinski definition) is 8. The summed E-state index contributed by atoms with van der Waals surface area (Å²) in [6, 6.07) is 0. The van der Waals surface area contributed by atoms with Gasteiger partial charge in [0.2, 0.25) is 13.6 Å². The van der Waals surface area contributed by atoms with Gasteiger partial charge >= 0.3 is 23.9 Å². The van der Waals surface area contributed by atoms with Crippen LogP contribution in [0.1, 0.15) is 117 Å². The lowest BCUT2D eigenvalue weighted by Gasteiger charge is -2.06. The van der Waals surface area contributed by atoms with E-state index >= 15 is 0 Å². The van der Waals surface area contributed by atoms with E-state index in [4.69, 9.17) is 18.9 Å². The van der Waals surface area contributed by atoms with E-state index in [1.54, 1.807) is 6.08 Å². The van der Waals surface area contributed by atoms with Gasteiger partial charge in [-0.15, -0.1) is 0 Å². The second kappa shape index (κ2) is 23.8. The van der Waals surface area contributed by atoms with Crippen LogP contribution in [0.4, 0.5) is 0 Å². The van der Waals surface area contributed by atoms with Gasteiger partial charge in [-0.3, -0.25) is 14.4 Å². The summed E-state index contributed by atoms with van der Waals surface area (Å²) in [5.41, 5.74) is 0. The van der Waals surface area contributed by atoms with Crippen LogP contribution in [0.5, 0.6) is 0 Å². The molecule has 8 nitrogen and oxygen atoms in total. The third kappa shape index (κ3) is 22.8. The SMILES string of the molecule is CCCCCC(=O)OCOC(=O)C=CCCCCCCCCC(=O)OCOC(=O)CCCCC. The van der Waals surface area contributed by atoms with Gasteiger partial charge in [0.15, 0.2) is 0 Å². The highest BCUT2D eigenvalue weighted by Gasteiger charge is 2.06. The third-order valence-corrected chi connectivity index (χ3v) is 5.09. The smallest absolute Gasteiger partial charge is 0.333 e. The van der Waals surface area contributed by atoms with Crippen LogP contribution in [-0.2, 0) is 38.1 Å². The van der Waals surface area contributed by atoms with Crippen LogP contribution in [0.15, 0.2) is 12.2 Å². The van der Waals surface area contributed by atoms with Gasteiger partial charge in [-0.1, -0.05) is 71.3 Å². The Kier molecular flexibility index (Phi) is 22.1. The first-order valence-corrected chi connectivity index (χ1v) is 12.8. The van der Waals surface area contributed by atoms with Crippen molar-refractivity contribution in [1.82, 2.24) is 0 Å². The molecule has 0 aliphatic carbocycles. The highest BCUT2D eigenvalue weighted by molar-refractivity contribution is 5.81. The van der Waals surface area contributed by atoms with E-state index in [9.17, 15) is 19.2 Å². The van der Waals surface area contributed by atoms with Gasteiger partial charge in [0.25, 0.3) is 0 Å². The van der Waals surface area contributed by atoms with E-state index in [2.05, 4.69) is 13.8 Å². The molecule has 196 valence electrons. The molecule has 0 aromatic carbocycles.